The first-order chi connectivity index (χ1) is 17.3. The molecule has 182 valence electrons. The molecule has 6 heteroatoms. The number of rotatable bonds is 8. The standard InChI is InChI=1S/C30H30FN5/c1-5-6-21(15-19(4)35-18(2)3)22-9-12-26(32)24(16-22)29(33)28-17-25-27(36-28)13-14-34-30(25)20-7-10-23(31)11-8-20/h5-18,33,35-36H,1,32H2,2-4H3/b19-15+,21-6+,33-29?. The molecule has 0 aliphatic heterocycles. The number of aromatic amines is 1. The molecule has 0 amide bonds. The lowest BCUT2D eigenvalue weighted by atomic mass is 9.97. The van der Waals surface area contributed by atoms with E-state index in [-0.39, 0.29) is 11.5 Å². The summed E-state index contributed by atoms with van der Waals surface area (Å²) in [6.45, 7) is 10.1. The molecule has 0 atom stereocenters. The van der Waals surface area contributed by atoms with E-state index < -0.39 is 0 Å². The predicted molar refractivity (Wildman–Crippen MR) is 148 cm³/mol. The highest BCUT2D eigenvalue weighted by molar-refractivity contribution is 6.15. The number of nitrogens with one attached hydrogen (secondary N) is 3. The molecular weight excluding hydrogens is 449 g/mol. The summed E-state index contributed by atoms with van der Waals surface area (Å²) in [4.78, 5) is 7.83. The van der Waals surface area contributed by atoms with Crippen molar-refractivity contribution in [1.82, 2.24) is 15.3 Å². The highest BCUT2D eigenvalue weighted by Crippen LogP contribution is 2.30. The SMILES string of the molecule is C=C/C=C(\C=C(/C)NC(C)C)c1ccc(N)c(C(=N)c2cc3c(-c4ccc(F)cc4)nccc3[nH]2)c1. The van der Waals surface area contributed by atoms with Crippen molar-refractivity contribution in [3.63, 3.8) is 0 Å². The number of halogens is 1. The van der Waals surface area contributed by atoms with Gasteiger partial charge in [0.05, 0.1) is 17.1 Å². The molecule has 4 rings (SSSR count). The first-order valence-corrected chi connectivity index (χ1v) is 11.8. The van der Waals surface area contributed by atoms with E-state index in [0.29, 0.717) is 23.0 Å². The molecule has 2 heterocycles. The Morgan fingerprint density at radius 2 is 1.89 bits per heavy atom. The third-order valence-electron chi connectivity index (χ3n) is 5.78. The van der Waals surface area contributed by atoms with E-state index >= 15 is 0 Å². The normalized spacial score (nSPS) is 12.2. The van der Waals surface area contributed by atoms with Crippen LogP contribution >= 0.6 is 0 Å². The van der Waals surface area contributed by atoms with Crippen LogP contribution in [0.15, 0.2) is 91.3 Å². The molecule has 5 nitrogen and oxygen atoms in total. The van der Waals surface area contributed by atoms with Crippen molar-refractivity contribution in [2.24, 2.45) is 0 Å². The highest BCUT2D eigenvalue weighted by atomic mass is 19.1. The molecule has 5 N–H and O–H groups in total. The number of fused-ring (bicyclic) bond motifs is 1. The van der Waals surface area contributed by atoms with Crippen LogP contribution in [0.4, 0.5) is 10.1 Å². The number of nitrogens with zero attached hydrogens (tertiary/aromatic N) is 1. The van der Waals surface area contributed by atoms with Crippen LogP contribution in [0.5, 0.6) is 0 Å². The zero-order chi connectivity index (χ0) is 25.8. The van der Waals surface area contributed by atoms with Crippen molar-refractivity contribution in [1.29, 1.82) is 5.41 Å². The summed E-state index contributed by atoms with van der Waals surface area (Å²) in [5.41, 5.74) is 13.6. The van der Waals surface area contributed by atoms with Crippen LogP contribution in [0.3, 0.4) is 0 Å². The molecule has 2 aromatic heterocycles. The van der Waals surface area contributed by atoms with Gasteiger partial charge in [0, 0.05) is 45.7 Å². The minimum Gasteiger partial charge on any atom is -0.398 e. The van der Waals surface area contributed by atoms with E-state index in [1.807, 2.05) is 43.3 Å². The lowest BCUT2D eigenvalue weighted by molar-refractivity contribution is 0.628. The Balaban J connectivity index is 1.74. The summed E-state index contributed by atoms with van der Waals surface area (Å²) in [5, 5.41) is 13.2. The van der Waals surface area contributed by atoms with Gasteiger partial charge in [0.2, 0.25) is 0 Å². The average molecular weight is 480 g/mol. The zero-order valence-corrected chi connectivity index (χ0v) is 20.7. The largest absolute Gasteiger partial charge is 0.398 e. The Morgan fingerprint density at radius 3 is 2.58 bits per heavy atom. The summed E-state index contributed by atoms with van der Waals surface area (Å²) in [7, 11) is 0. The number of allylic oxidation sites excluding steroid dienone is 5. The maximum absolute atomic E-state index is 13.4. The molecule has 0 fully saturated rings. The van der Waals surface area contributed by atoms with Gasteiger partial charge < -0.3 is 16.0 Å². The van der Waals surface area contributed by atoms with Crippen molar-refractivity contribution in [3.8, 4) is 11.3 Å². The van der Waals surface area contributed by atoms with Gasteiger partial charge in [-0.3, -0.25) is 10.4 Å². The van der Waals surface area contributed by atoms with Gasteiger partial charge in [-0.15, -0.1) is 0 Å². The quantitative estimate of drug-likeness (QED) is 0.127. The predicted octanol–water partition coefficient (Wildman–Crippen LogP) is 6.84. The Hall–Kier alpha value is -4.45. The lowest BCUT2D eigenvalue weighted by Crippen LogP contribution is -2.20. The van der Waals surface area contributed by atoms with Crippen LogP contribution in [0.2, 0.25) is 0 Å². The van der Waals surface area contributed by atoms with E-state index in [1.54, 1.807) is 24.4 Å². The van der Waals surface area contributed by atoms with Gasteiger partial charge in [0.15, 0.2) is 0 Å². The van der Waals surface area contributed by atoms with Crippen LogP contribution in [0.1, 0.15) is 37.6 Å². The number of benzene rings is 2. The van der Waals surface area contributed by atoms with Gasteiger partial charge in [-0.1, -0.05) is 24.8 Å². The van der Waals surface area contributed by atoms with Gasteiger partial charge in [-0.05, 0) is 86.5 Å². The van der Waals surface area contributed by atoms with Crippen LogP contribution in [0.25, 0.3) is 27.7 Å². The average Bonchev–Trinajstić information content (AvgIpc) is 3.28. The number of hydrogen-bond acceptors (Lipinski definition) is 4. The number of hydrogen-bond donors (Lipinski definition) is 4. The van der Waals surface area contributed by atoms with Gasteiger partial charge in [0.1, 0.15) is 5.82 Å². The molecule has 0 aliphatic carbocycles. The van der Waals surface area contributed by atoms with Crippen LogP contribution in [-0.2, 0) is 0 Å². The van der Waals surface area contributed by atoms with Gasteiger partial charge >= 0.3 is 0 Å². The van der Waals surface area contributed by atoms with E-state index in [4.69, 9.17) is 11.1 Å². The fourth-order valence-corrected chi connectivity index (χ4v) is 4.21. The van der Waals surface area contributed by atoms with E-state index in [0.717, 1.165) is 39.0 Å². The van der Waals surface area contributed by atoms with Crippen LogP contribution in [0, 0.1) is 11.2 Å². The van der Waals surface area contributed by atoms with E-state index in [2.05, 4.69) is 41.8 Å². The minimum absolute atomic E-state index is 0.273. The third-order valence-corrected chi connectivity index (χ3v) is 5.78. The van der Waals surface area contributed by atoms with Crippen LogP contribution < -0.4 is 11.1 Å². The molecule has 0 aliphatic rings. The number of nitrogen functional groups attached to an aromatic ring is 1. The second-order valence-corrected chi connectivity index (χ2v) is 8.97. The molecule has 4 aromatic rings. The number of H-pyrrole nitrogens is 1. The van der Waals surface area contributed by atoms with Crippen molar-refractivity contribution < 1.29 is 4.39 Å². The van der Waals surface area contributed by atoms with Crippen molar-refractivity contribution in [2.45, 2.75) is 26.8 Å². The van der Waals surface area contributed by atoms with Crippen molar-refractivity contribution in [2.75, 3.05) is 5.73 Å². The van der Waals surface area contributed by atoms with E-state index in [9.17, 15) is 4.39 Å². The third kappa shape index (κ3) is 5.28. The number of aromatic nitrogens is 2. The number of anilines is 1. The van der Waals surface area contributed by atoms with E-state index in [1.165, 1.54) is 12.1 Å². The summed E-state index contributed by atoms with van der Waals surface area (Å²) < 4.78 is 13.4. The van der Waals surface area contributed by atoms with Crippen molar-refractivity contribution in [3.05, 3.63) is 114 Å². The first kappa shape index (κ1) is 24.7. The second-order valence-electron chi connectivity index (χ2n) is 8.97. The minimum atomic E-state index is -0.298. The monoisotopic (exact) mass is 479 g/mol. The highest BCUT2D eigenvalue weighted by Gasteiger charge is 2.16. The number of pyridine rings is 1. The summed E-state index contributed by atoms with van der Waals surface area (Å²) >= 11 is 0. The van der Waals surface area contributed by atoms with Gasteiger partial charge in [-0.2, -0.15) is 0 Å². The molecule has 0 unspecified atom stereocenters. The topological polar surface area (TPSA) is 90.6 Å². The zero-order valence-electron chi connectivity index (χ0n) is 20.7. The molecule has 0 spiro atoms. The Labute approximate surface area is 210 Å². The first-order valence-electron chi connectivity index (χ1n) is 11.8. The van der Waals surface area contributed by atoms with Gasteiger partial charge in [-0.25, -0.2) is 4.39 Å². The molecule has 2 aromatic carbocycles. The molecule has 0 saturated carbocycles. The summed E-state index contributed by atoms with van der Waals surface area (Å²) in [6, 6.07) is 16.0. The van der Waals surface area contributed by atoms with Crippen LogP contribution in [-0.4, -0.2) is 21.7 Å². The number of nitrogens with two attached hydrogens (primary N) is 1. The second kappa shape index (κ2) is 10.4. The fourth-order valence-electron chi connectivity index (χ4n) is 4.21. The molecular formula is C30H30FN5. The summed E-state index contributed by atoms with van der Waals surface area (Å²) in [6.07, 6.45) is 7.45. The lowest BCUT2D eigenvalue weighted by Gasteiger charge is -2.13. The maximum atomic E-state index is 13.4. The fraction of sp³-hybridized carbons (Fsp3) is 0.133. The van der Waals surface area contributed by atoms with Gasteiger partial charge in [0.25, 0.3) is 0 Å². The van der Waals surface area contributed by atoms with Crippen molar-refractivity contribution >= 4 is 27.9 Å². The Morgan fingerprint density at radius 1 is 1.14 bits per heavy atom. The smallest absolute Gasteiger partial charge is 0.123 e. The Bertz CT molecular complexity index is 1490. The molecule has 36 heavy (non-hydrogen) atoms. The molecule has 0 bridgehead atoms. The molecule has 0 saturated heterocycles. The molecule has 0 radical (unpaired) electrons. The summed E-state index contributed by atoms with van der Waals surface area (Å²) in [5.74, 6) is -0.298. The Kier molecular flexibility index (Phi) is 7.15. The maximum Gasteiger partial charge on any atom is 0.123 e.